The lowest BCUT2D eigenvalue weighted by Crippen LogP contribution is -2.48. The Morgan fingerprint density at radius 1 is 1.07 bits per heavy atom. The summed E-state index contributed by atoms with van der Waals surface area (Å²) in [4.78, 5) is 42.7. The zero-order valence-corrected chi connectivity index (χ0v) is 27.1. The predicted molar refractivity (Wildman–Crippen MR) is 172 cm³/mol. The van der Waals surface area contributed by atoms with E-state index in [1.54, 1.807) is 37.1 Å². The first kappa shape index (κ1) is 35.6. The number of hydrogen-bond acceptors (Lipinski definition) is 6. The normalized spacial score (nSPS) is 20.3. The number of amides is 5. The molecule has 0 aliphatic carbocycles. The van der Waals surface area contributed by atoms with Crippen molar-refractivity contribution in [2.24, 2.45) is 5.92 Å². The van der Waals surface area contributed by atoms with Crippen LogP contribution < -0.4 is 20.7 Å². The van der Waals surface area contributed by atoms with Crippen LogP contribution >= 0.6 is 0 Å². The fourth-order valence-electron chi connectivity index (χ4n) is 5.00. The molecule has 2 aromatic carbocycles. The number of carbonyl (C=O) groups excluding carboxylic acids is 3. The van der Waals surface area contributed by atoms with Gasteiger partial charge in [0.25, 0.3) is 5.91 Å². The zero-order chi connectivity index (χ0) is 33.1. The third kappa shape index (κ3) is 10.9. The highest BCUT2D eigenvalue weighted by molar-refractivity contribution is 5.99. The fourth-order valence-corrected chi connectivity index (χ4v) is 5.00. The number of hydrogen-bond donors (Lipinski definition) is 4. The second-order valence-corrected chi connectivity index (χ2v) is 12.1. The lowest BCUT2D eigenvalue weighted by Gasteiger charge is -2.35. The Balaban J connectivity index is 1.88. The number of urea groups is 2. The Hall–Kier alpha value is -3.90. The first-order valence-corrected chi connectivity index (χ1v) is 15.6. The van der Waals surface area contributed by atoms with Crippen LogP contribution in [0.5, 0.6) is 5.75 Å². The van der Waals surface area contributed by atoms with Gasteiger partial charge in [-0.3, -0.25) is 4.79 Å². The fraction of sp³-hybridized carbons (Fsp3) is 0.545. The van der Waals surface area contributed by atoms with Gasteiger partial charge in [-0.25, -0.2) is 14.0 Å². The van der Waals surface area contributed by atoms with Crippen molar-refractivity contribution in [3.8, 4) is 5.75 Å². The molecule has 248 valence electrons. The van der Waals surface area contributed by atoms with Gasteiger partial charge in [-0.05, 0) is 89.4 Å². The Morgan fingerprint density at radius 2 is 1.76 bits per heavy atom. The molecular weight excluding hydrogens is 581 g/mol. The summed E-state index contributed by atoms with van der Waals surface area (Å²) in [7, 11) is 1.65. The van der Waals surface area contributed by atoms with Crippen LogP contribution in [0.4, 0.5) is 25.4 Å². The molecule has 12 heteroatoms. The molecule has 4 atom stereocenters. The van der Waals surface area contributed by atoms with E-state index in [0.29, 0.717) is 23.7 Å². The molecule has 0 unspecified atom stereocenters. The minimum absolute atomic E-state index is 0.0707. The van der Waals surface area contributed by atoms with Crippen LogP contribution in [0.25, 0.3) is 0 Å². The number of aliphatic hydroxyl groups excluding tert-OH is 1. The smallest absolute Gasteiger partial charge is 0.321 e. The number of halogens is 1. The Kier molecular flexibility index (Phi) is 13.4. The van der Waals surface area contributed by atoms with Gasteiger partial charge >= 0.3 is 12.1 Å². The van der Waals surface area contributed by atoms with Crippen LogP contribution in [0.2, 0.25) is 0 Å². The number of anilines is 2. The van der Waals surface area contributed by atoms with Crippen molar-refractivity contribution in [1.82, 2.24) is 15.1 Å². The first-order valence-electron chi connectivity index (χ1n) is 15.6. The molecule has 11 nitrogen and oxygen atoms in total. The Bertz CT molecular complexity index is 1280. The molecule has 45 heavy (non-hydrogen) atoms. The molecule has 0 radical (unpaired) electrons. The topological polar surface area (TPSA) is 132 Å². The molecule has 0 spiro atoms. The molecule has 1 aliphatic heterocycles. The summed E-state index contributed by atoms with van der Waals surface area (Å²) < 4.78 is 25.9. The predicted octanol–water partition coefficient (Wildman–Crippen LogP) is 5.32. The van der Waals surface area contributed by atoms with E-state index >= 15 is 0 Å². The zero-order valence-electron chi connectivity index (χ0n) is 27.1. The number of nitrogens with one attached hydrogen (secondary N) is 3. The summed E-state index contributed by atoms with van der Waals surface area (Å²) in [5.41, 5.74) is 1.16. The van der Waals surface area contributed by atoms with Crippen molar-refractivity contribution in [2.75, 3.05) is 44.0 Å². The summed E-state index contributed by atoms with van der Waals surface area (Å²) in [6, 6.07) is 9.12. The third-order valence-corrected chi connectivity index (χ3v) is 7.63. The van der Waals surface area contributed by atoms with Crippen LogP contribution in [0, 0.1) is 11.7 Å². The SMILES string of the molecule is CC(C)NC(=O)Nc1ccc2c(c1)C(=O)N([C@@H](C)CO)C[C@@H](C)[C@H](CN(C)C(=O)Nc1ccc(F)cc1)OCCCC[C@@H](C)O2. The molecule has 0 aromatic heterocycles. The molecule has 1 heterocycles. The molecule has 1 aliphatic rings. The number of likely N-dealkylation sites (N-methyl/N-ethyl adjacent to an activating group) is 1. The molecule has 0 bridgehead atoms. The van der Waals surface area contributed by atoms with E-state index < -0.39 is 24.0 Å². The van der Waals surface area contributed by atoms with Crippen molar-refractivity contribution in [3.05, 3.63) is 53.8 Å². The van der Waals surface area contributed by atoms with E-state index in [1.165, 1.54) is 29.2 Å². The summed E-state index contributed by atoms with van der Waals surface area (Å²) in [5.74, 6) is -0.607. The van der Waals surface area contributed by atoms with Crippen molar-refractivity contribution in [1.29, 1.82) is 0 Å². The molecule has 5 amide bonds. The van der Waals surface area contributed by atoms with E-state index in [1.807, 2.05) is 27.7 Å². The standard InChI is InChI=1S/C33H48FN5O6/c1-21(2)35-32(42)36-27-14-15-29-28(17-27)31(41)39(23(4)20-40)18-22(3)30(44-16-8-7-9-24(5)45-29)19-38(6)33(43)37-26-12-10-25(34)11-13-26/h10-15,17,21-24,30,40H,7-9,16,18-20H2,1-6H3,(H,37,43)(H2,35,36,42)/t22-,23+,24-,30+/m1/s1. The maximum absolute atomic E-state index is 14.2. The number of benzene rings is 2. The van der Waals surface area contributed by atoms with Gasteiger partial charge in [-0.2, -0.15) is 0 Å². The monoisotopic (exact) mass is 629 g/mol. The van der Waals surface area contributed by atoms with Crippen LogP contribution in [-0.2, 0) is 4.74 Å². The number of aliphatic hydroxyl groups is 1. The van der Waals surface area contributed by atoms with Gasteiger partial charge in [0.2, 0.25) is 0 Å². The molecule has 0 saturated heterocycles. The quantitative estimate of drug-likeness (QED) is 0.328. The lowest BCUT2D eigenvalue weighted by atomic mass is 10.0. The summed E-state index contributed by atoms with van der Waals surface area (Å²) in [6.45, 7) is 9.99. The highest BCUT2D eigenvalue weighted by Crippen LogP contribution is 2.28. The van der Waals surface area contributed by atoms with E-state index in [0.717, 1.165) is 19.3 Å². The average molecular weight is 630 g/mol. The number of nitrogens with zero attached hydrogens (tertiary/aromatic N) is 2. The van der Waals surface area contributed by atoms with Crippen molar-refractivity contribution < 1.29 is 33.4 Å². The molecule has 0 fully saturated rings. The van der Waals surface area contributed by atoms with Gasteiger partial charge in [0.15, 0.2) is 0 Å². The maximum Gasteiger partial charge on any atom is 0.321 e. The third-order valence-electron chi connectivity index (χ3n) is 7.63. The van der Waals surface area contributed by atoms with Crippen LogP contribution in [0.15, 0.2) is 42.5 Å². The Labute approximate surface area is 265 Å². The summed E-state index contributed by atoms with van der Waals surface area (Å²) in [5, 5.41) is 18.5. The second kappa shape index (κ2) is 17.0. The van der Waals surface area contributed by atoms with Gasteiger partial charge in [-0.15, -0.1) is 0 Å². The molecule has 2 aromatic rings. The van der Waals surface area contributed by atoms with Crippen molar-refractivity contribution in [3.63, 3.8) is 0 Å². The van der Waals surface area contributed by atoms with Gasteiger partial charge in [0.1, 0.15) is 11.6 Å². The maximum atomic E-state index is 14.2. The number of carbonyl (C=O) groups is 3. The lowest BCUT2D eigenvalue weighted by molar-refractivity contribution is -0.0115. The number of rotatable bonds is 7. The van der Waals surface area contributed by atoms with Gasteiger partial charge in [0.05, 0.1) is 30.4 Å². The second-order valence-electron chi connectivity index (χ2n) is 12.1. The van der Waals surface area contributed by atoms with E-state index in [2.05, 4.69) is 16.0 Å². The first-order chi connectivity index (χ1) is 21.4. The van der Waals surface area contributed by atoms with E-state index in [-0.39, 0.29) is 55.3 Å². The van der Waals surface area contributed by atoms with Gasteiger partial charge in [0, 0.05) is 50.1 Å². The highest BCUT2D eigenvalue weighted by Gasteiger charge is 2.31. The average Bonchev–Trinajstić information content (AvgIpc) is 2.99. The number of ether oxygens (including phenoxy) is 2. The molecule has 0 saturated carbocycles. The highest BCUT2D eigenvalue weighted by atomic mass is 19.1. The van der Waals surface area contributed by atoms with Crippen LogP contribution in [0.1, 0.15) is 64.2 Å². The van der Waals surface area contributed by atoms with Crippen molar-refractivity contribution in [2.45, 2.75) is 78.2 Å². The summed E-state index contributed by atoms with van der Waals surface area (Å²) >= 11 is 0. The van der Waals surface area contributed by atoms with Crippen molar-refractivity contribution >= 4 is 29.3 Å². The minimum atomic E-state index is -0.542. The van der Waals surface area contributed by atoms with Gasteiger partial charge < -0.3 is 40.3 Å². The molecule has 3 rings (SSSR count). The Morgan fingerprint density at radius 3 is 2.42 bits per heavy atom. The van der Waals surface area contributed by atoms with Crippen LogP contribution in [-0.4, -0.2) is 90.5 Å². The molecule has 4 N–H and O–H groups in total. The largest absolute Gasteiger partial charge is 0.490 e. The van der Waals surface area contributed by atoms with Gasteiger partial charge in [-0.1, -0.05) is 6.92 Å². The minimum Gasteiger partial charge on any atom is -0.490 e. The van der Waals surface area contributed by atoms with E-state index in [4.69, 9.17) is 9.47 Å². The van der Waals surface area contributed by atoms with Crippen LogP contribution in [0.3, 0.4) is 0 Å². The summed E-state index contributed by atoms with van der Waals surface area (Å²) in [6.07, 6.45) is 1.71. The van der Waals surface area contributed by atoms with E-state index in [9.17, 15) is 23.9 Å². The number of fused-ring (bicyclic) bond motifs is 1. The molecular formula is C33H48FN5O6.